The molecule has 0 N–H and O–H groups in total. The van der Waals surface area contributed by atoms with Crippen molar-refractivity contribution < 1.29 is 0 Å². The van der Waals surface area contributed by atoms with Gasteiger partial charge >= 0.3 is 0 Å². The van der Waals surface area contributed by atoms with Crippen LogP contribution in [0.15, 0.2) is 24.4 Å². The Hall–Kier alpha value is -1.10. The molecule has 0 fully saturated rings. The molecule has 1 aromatic carbocycles. The molecule has 0 amide bonds. The lowest BCUT2D eigenvalue weighted by Gasteiger charge is -2.03. The quantitative estimate of drug-likeness (QED) is 0.700. The molecule has 2 rings (SSSR count). The first-order valence-electron chi connectivity index (χ1n) is 5.06. The van der Waals surface area contributed by atoms with Gasteiger partial charge in [-0.25, -0.2) is 0 Å². The van der Waals surface area contributed by atoms with Crippen molar-refractivity contribution in [2.24, 2.45) is 0 Å². The molecule has 0 atom stereocenters. The molecule has 0 aliphatic carbocycles. The number of hydrogen-bond donors (Lipinski definition) is 0. The van der Waals surface area contributed by atoms with Gasteiger partial charge in [0.25, 0.3) is 0 Å². The van der Waals surface area contributed by atoms with Crippen molar-refractivity contribution in [1.29, 1.82) is 0 Å². The van der Waals surface area contributed by atoms with Gasteiger partial charge in [0.1, 0.15) is 0 Å². The van der Waals surface area contributed by atoms with E-state index in [0.717, 1.165) is 23.9 Å². The third-order valence-electron chi connectivity index (χ3n) is 2.46. The Labute approximate surface area is 105 Å². The van der Waals surface area contributed by atoms with Crippen molar-refractivity contribution in [1.82, 2.24) is 4.57 Å². The summed E-state index contributed by atoms with van der Waals surface area (Å²) in [5, 5.41) is 2.40. The Morgan fingerprint density at radius 3 is 2.88 bits per heavy atom. The molecule has 1 nitrogen and oxygen atoms in total. The molecule has 82 valence electrons. The lowest BCUT2D eigenvalue weighted by Crippen LogP contribution is -1.94. The van der Waals surface area contributed by atoms with Gasteiger partial charge in [0.05, 0.1) is 10.5 Å². The van der Waals surface area contributed by atoms with Crippen LogP contribution in [0.3, 0.4) is 0 Å². The molecule has 0 aliphatic rings. The zero-order valence-electron chi connectivity index (χ0n) is 8.93. The van der Waals surface area contributed by atoms with Crippen LogP contribution in [-0.2, 0) is 6.54 Å². The highest BCUT2D eigenvalue weighted by Gasteiger charge is 2.05. The molecule has 1 heterocycles. The summed E-state index contributed by atoms with van der Waals surface area (Å²) in [7, 11) is 0. The van der Waals surface area contributed by atoms with Crippen molar-refractivity contribution in [3.63, 3.8) is 0 Å². The zero-order valence-corrected chi connectivity index (χ0v) is 10.4. The maximum absolute atomic E-state index is 6.11. The van der Waals surface area contributed by atoms with Gasteiger partial charge in [-0.2, -0.15) is 0 Å². The molecule has 0 radical (unpaired) electrons. The first-order valence-corrected chi connectivity index (χ1v) is 5.81. The SMILES string of the molecule is CC#CCCn1ccc2c(Cl)cc(Cl)cc21. The largest absolute Gasteiger partial charge is 0.346 e. The smallest absolute Gasteiger partial charge is 0.0514 e. The topological polar surface area (TPSA) is 4.93 Å². The Balaban J connectivity index is 2.42. The highest BCUT2D eigenvalue weighted by atomic mass is 35.5. The molecular formula is C13H11Cl2N. The first-order chi connectivity index (χ1) is 7.72. The summed E-state index contributed by atoms with van der Waals surface area (Å²) in [4.78, 5) is 0. The van der Waals surface area contributed by atoms with Gasteiger partial charge in [-0.1, -0.05) is 23.2 Å². The number of fused-ring (bicyclic) bond motifs is 1. The van der Waals surface area contributed by atoms with Crippen molar-refractivity contribution in [2.45, 2.75) is 19.9 Å². The first kappa shape index (κ1) is 11.4. The monoisotopic (exact) mass is 251 g/mol. The molecule has 2 aromatic rings. The molecule has 16 heavy (non-hydrogen) atoms. The van der Waals surface area contributed by atoms with Crippen LogP contribution in [0.25, 0.3) is 10.9 Å². The number of benzene rings is 1. The summed E-state index contributed by atoms with van der Waals surface area (Å²) >= 11 is 12.1. The minimum Gasteiger partial charge on any atom is -0.346 e. The average molecular weight is 252 g/mol. The summed E-state index contributed by atoms with van der Waals surface area (Å²) in [6, 6.07) is 5.71. The predicted octanol–water partition coefficient (Wildman–Crippen LogP) is 4.36. The standard InChI is InChI=1S/C13H11Cl2N/c1-2-3-4-6-16-7-5-11-12(15)8-10(14)9-13(11)16/h5,7-9H,4,6H2,1H3. The van der Waals surface area contributed by atoms with Crippen LogP contribution < -0.4 is 0 Å². The molecule has 0 unspecified atom stereocenters. The van der Waals surface area contributed by atoms with Crippen molar-refractivity contribution in [2.75, 3.05) is 0 Å². The zero-order chi connectivity index (χ0) is 11.5. The number of rotatable bonds is 2. The third kappa shape index (κ3) is 2.19. The molecule has 1 aromatic heterocycles. The number of hydrogen-bond acceptors (Lipinski definition) is 0. The van der Waals surface area contributed by atoms with Gasteiger partial charge in [0.2, 0.25) is 0 Å². The maximum Gasteiger partial charge on any atom is 0.0514 e. The van der Waals surface area contributed by atoms with E-state index >= 15 is 0 Å². The van der Waals surface area contributed by atoms with Crippen LogP contribution in [0.4, 0.5) is 0 Å². The molecular weight excluding hydrogens is 241 g/mol. The van der Waals surface area contributed by atoms with E-state index in [1.165, 1.54) is 0 Å². The fourth-order valence-electron chi connectivity index (χ4n) is 1.71. The van der Waals surface area contributed by atoms with E-state index in [1.54, 1.807) is 6.07 Å². The Morgan fingerprint density at radius 1 is 1.31 bits per heavy atom. The average Bonchev–Trinajstić information content (AvgIpc) is 2.62. The Bertz CT molecular complexity index is 573. The van der Waals surface area contributed by atoms with Gasteiger partial charge in [0, 0.05) is 29.6 Å². The summed E-state index contributed by atoms with van der Waals surface area (Å²) < 4.78 is 2.12. The van der Waals surface area contributed by atoms with E-state index in [1.807, 2.05) is 25.3 Å². The number of aromatic nitrogens is 1. The summed E-state index contributed by atoms with van der Waals surface area (Å²) in [6.45, 7) is 2.71. The fraction of sp³-hybridized carbons (Fsp3) is 0.231. The van der Waals surface area contributed by atoms with E-state index in [2.05, 4.69) is 16.4 Å². The van der Waals surface area contributed by atoms with Gasteiger partial charge in [-0.3, -0.25) is 0 Å². The van der Waals surface area contributed by atoms with Crippen molar-refractivity contribution in [3.8, 4) is 11.8 Å². The van der Waals surface area contributed by atoms with Crippen molar-refractivity contribution in [3.05, 3.63) is 34.4 Å². The number of aryl methyl sites for hydroxylation is 1. The van der Waals surface area contributed by atoms with E-state index < -0.39 is 0 Å². The van der Waals surface area contributed by atoms with Gasteiger partial charge < -0.3 is 4.57 Å². The predicted molar refractivity (Wildman–Crippen MR) is 70.0 cm³/mol. The number of halogens is 2. The second-order valence-corrected chi connectivity index (χ2v) is 4.35. The summed E-state index contributed by atoms with van der Waals surface area (Å²) in [5.41, 5.74) is 1.07. The molecule has 0 aliphatic heterocycles. The van der Waals surface area contributed by atoms with E-state index in [0.29, 0.717) is 10.0 Å². The second kappa shape index (κ2) is 4.82. The van der Waals surface area contributed by atoms with Gasteiger partial charge in [-0.05, 0) is 25.1 Å². The van der Waals surface area contributed by atoms with Crippen LogP contribution in [0.2, 0.25) is 10.0 Å². The minimum absolute atomic E-state index is 0.666. The molecule has 0 saturated heterocycles. The maximum atomic E-state index is 6.11. The van der Waals surface area contributed by atoms with Crippen LogP contribution in [0, 0.1) is 11.8 Å². The van der Waals surface area contributed by atoms with Crippen LogP contribution in [0.1, 0.15) is 13.3 Å². The second-order valence-electron chi connectivity index (χ2n) is 3.51. The lowest BCUT2D eigenvalue weighted by atomic mass is 10.2. The van der Waals surface area contributed by atoms with Crippen LogP contribution in [-0.4, -0.2) is 4.57 Å². The lowest BCUT2D eigenvalue weighted by molar-refractivity contribution is 0.749. The number of nitrogens with zero attached hydrogens (tertiary/aromatic N) is 1. The summed E-state index contributed by atoms with van der Waals surface area (Å²) in [6.07, 6.45) is 2.86. The molecule has 0 bridgehead atoms. The van der Waals surface area contributed by atoms with E-state index in [4.69, 9.17) is 23.2 Å². The molecule has 0 saturated carbocycles. The molecule has 3 heteroatoms. The van der Waals surface area contributed by atoms with Gasteiger partial charge in [-0.15, -0.1) is 11.8 Å². The van der Waals surface area contributed by atoms with Crippen LogP contribution >= 0.6 is 23.2 Å². The van der Waals surface area contributed by atoms with Crippen LogP contribution in [0.5, 0.6) is 0 Å². The van der Waals surface area contributed by atoms with E-state index in [-0.39, 0.29) is 0 Å². The third-order valence-corrected chi connectivity index (χ3v) is 2.99. The highest BCUT2D eigenvalue weighted by molar-refractivity contribution is 6.38. The molecule has 0 spiro atoms. The van der Waals surface area contributed by atoms with Crippen molar-refractivity contribution >= 4 is 34.1 Å². The summed E-state index contributed by atoms with van der Waals surface area (Å²) in [5.74, 6) is 5.93. The highest BCUT2D eigenvalue weighted by Crippen LogP contribution is 2.28. The normalized spacial score (nSPS) is 10.2. The van der Waals surface area contributed by atoms with Gasteiger partial charge in [0.15, 0.2) is 0 Å². The Morgan fingerprint density at radius 2 is 2.12 bits per heavy atom. The van der Waals surface area contributed by atoms with E-state index in [9.17, 15) is 0 Å². The fourth-order valence-corrected chi connectivity index (χ4v) is 2.26. The Kier molecular flexibility index (Phi) is 3.43. The minimum atomic E-state index is 0.666.